The van der Waals surface area contributed by atoms with E-state index in [1.54, 1.807) is 7.11 Å². The highest BCUT2D eigenvalue weighted by atomic mass is 16.5. The standard InChI is InChI=1S/C16H25NO2/c1-12(2)11-17-16(18)7-5-6-14-8-9-15(19-4)10-13(14)3/h8-10,12H,5-7,11H2,1-4H3,(H,17,18). The van der Waals surface area contributed by atoms with E-state index in [4.69, 9.17) is 4.74 Å². The number of nitrogens with one attached hydrogen (secondary N) is 1. The van der Waals surface area contributed by atoms with Crippen molar-refractivity contribution in [1.82, 2.24) is 5.32 Å². The minimum atomic E-state index is 0.153. The Labute approximate surface area is 116 Å². The average Bonchev–Trinajstić information content (AvgIpc) is 2.38. The lowest BCUT2D eigenvalue weighted by Gasteiger charge is -2.09. The zero-order valence-electron chi connectivity index (χ0n) is 12.5. The van der Waals surface area contributed by atoms with Gasteiger partial charge in [-0.05, 0) is 48.9 Å². The van der Waals surface area contributed by atoms with Crippen LogP contribution < -0.4 is 10.1 Å². The first-order valence-electron chi connectivity index (χ1n) is 6.93. The first kappa shape index (κ1) is 15.5. The first-order chi connectivity index (χ1) is 9.02. The Morgan fingerprint density at radius 1 is 1.37 bits per heavy atom. The molecule has 3 heteroatoms. The molecule has 106 valence electrons. The van der Waals surface area contributed by atoms with Gasteiger partial charge < -0.3 is 10.1 Å². The number of amides is 1. The van der Waals surface area contributed by atoms with Gasteiger partial charge in [-0.1, -0.05) is 19.9 Å². The third-order valence-corrected chi connectivity index (χ3v) is 3.11. The van der Waals surface area contributed by atoms with Gasteiger partial charge in [0.2, 0.25) is 5.91 Å². The van der Waals surface area contributed by atoms with Gasteiger partial charge in [-0.3, -0.25) is 4.79 Å². The molecule has 1 N–H and O–H groups in total. The van der Waals surface area contributed by atoms with Crippen molar-refractivity contribution in [2.45, 2.75) is 40.0 Å². The number of carbonyl (C=O) groups excluding carboxylic acids is 1. The maximum absolute atomic E-state index is 11.6. The molecule has 0 unspecified atom stereocenters. The predicted octanol–water partition coefficient (Wildman–Crippen LogP) is 3.10. The zero-order valence-corrected chi connectivity index (χ0v) is 12.5. The van der Waals surface area contributed by atoms with Crippen LogP contribution in [0.4, 0.5) is 0 Å². The van der Waals surface area contributed by atoms with Gasteiger partial charge >= 0.3 is 0 Å². The van der Waals surface area contributed by atoms with Gasteiger partial charge in [0.15, 0.2) is 0 Å². The van der Waals surface area contributed by atoms with Crippen molar-refractivity contribution in [2.24, 2.45) is 5.92 Å². The summed E-state index contributed by atoms with van der Waals surface area (Å²) in [5, 5.41) is 2.94. The summed E-state index contributed by atoms with van der Waals surface area (Å²) in [6.07, 6.45) is 2.42. The molecule has 0 radical (unpaired) electrons. The van der Waals surface area contributed by atoms with Crippen molar-refractivity contribution < 1.29 is 9.53 Å². The molecular weight excluding hydrogens is 238 g/mol. The van der Waals surface area contributed by atoms with Crippen molar-refractivity contribution >= 4 is 5.91 Å². The highest BCUT2D eigenvalue weighted by molar-refractivity contribution is 5.75. The Hall–Kier alpha value is -1.51. The van der Waals surface area contributed by atoms with Gasteiger partial charge in [-0.2, -0.15) is 0 Å². The molecule has 0 aliphatic carbocycles. The fourth-order valence-corrected chi connectivity index (χ4v) is 1.92. The summed E-state index contributed by atoms with van der Waals surface area (Å²) in [5.74, 6) is 1.54. The Morgan fingerprint density at radius 2 is 2.11 bits per heavy atom. The maximum atomic E-state index is 11.6. The molecule has 0 spiro atoms. The molecule has 0 aliphatic rings. The smallest absolute Gasteiger partial charge is 0.220 e. The highest BCUT2D eigenvalue weighted by Crippen LogP contribution is 2.18. The fraction of sp³-hybridized carbons (Fsp3) is 0.562. The number of benzene rings is 1. The van der Waals surface area contributed by atoms with E-state index < -0.39 is 0 Å². The number of ether oxygens (including phenoxy) is 1. The summed E-state index contributed by atoms with van der Waals surface area (Å²) in [7, 11) is 1.67. The lowest BCUT2D eigenvalue weighted by atomic mass is 10.0. The van der Waals surface area contributed by atoms with Crippen LogP contribution in [0.1, 0.15) is 37.8 Å². The quantitative estimate of drug-likeness (QED) is 0.821. The molecule has 19 heavy (non-hydrogen) atoms. The molecule has 1 aromatic rings. The highest BCUT2D eigenvalue weighted by Gasteiger charge is 2.04. The molecule has 1 rings (SSSR count). The Morgan fingerprint density at radius 3 is 2.68 bits per heavy atom. The molecule has 0 heterocycles. The largest absolute Gasteiger partial charge is 0.497 e. The van der Waals surface area contributed by atoms with E-state index in [0.717, 1.165) is 25.1 Å². The van der Waals surface area contributed by atoms with Crippen molar-refractivity contribution in [3.8, 4) is 5.75 Å². The van der Waals surface area contributed by atoms with E-state index in [2.05, 4.69) is 32.2 Å². The van der Waals surface area contributed by atoms with Crippen LogP contribution in [-0.4, -0.2) is 19.6 Å². The fourth-order valence-electron chi connectivity index (χ4n) is 1.92. The van der Waals surface area contributed by atoms with E-state index in [-0.39, 0.29) is 5.91 Å². The third-order valence-electron chi connectivity index (χ3n) is 3.11. The number of hydrogen-bond donors (Lipinski definition) is 1. The SMILES string of the molecule is COc1ccc(CCCC(=O)NCC(C)C)c(C)c1. The summed E-state index contributed by atoms with van der Waals surface area (Å²) in [5.41, 5.74) is 2.51. The monoisotopic (exact) mass is 263 g/mol. The van der Waals surface area contributed by atoms with Crippen LogP contribution in [0.5, 0.6) is 5.75 Å². The Bertz CT molecular complexity index is 413. The van der Waals surface area contributed by atoms with Crippen LogP contribution in [0.2, 0.25) is 0 Å². The predicted molar refractivity (Wildman–Crippen MR) is 78.5 cm³/mol. The first-order valence-corrected chi connectivity index (χ1v) is 6.93. The minimum absolute atomic E-state index is 0.153. The molecule has 1 aromatic carbocycles. The molecule has 0 aromatic heterocycles. The lowest BCUT2D eigenvalue weighted by Crippen LogP contribution is -2.27. The van der Waals surface area contributed by atoms with E-state index in [0.29, 0.717) is 12.3 Å². The number of hydrogen-bond acceptors (Lipinski definition) is 2. The molecule has 0 aliphatic heterocycles. The summed E-state index contributed by atoms with van der Waals surface area (Å²) < 4.78 is 5.18. The molecule has 0 saturated carbocycles. The van der Waals surface area contributed by atoms with Crippen molar-refractivity contribution in [1.29, 1.82) is 0 Å². The second kappa shape index (κ2) is 7.82. The van der Waals surface area contributed by atoms with Crippen molar-refractivity contribution in [2.75, 3.05) is 13.7 Å². The minimum Gasteiger partial charge on any atom is -0.497 e. The van der Waals surface area contributed by atoms with Gasteiger partial charge in [0.05, 0.1) is 7.11 Å². The van der Waals surface area contributed by atoms with Gasteiger partial charge in [0.25, 0.3) is 0 Å². The summed E-state index contributed by atoms with van der Waals surface area (Å²) in [6.45, 7) is 7.04. The average molecular weight is 263 g/mol. The van der Waals surface area contributed by atoms with E-state index >= 15 is 0 Å². The van der Waals surface area contributed by atoms with Crippen LogP contribution in [0.25, 0.3) is 0 Å². The zero-order chi connectivity index (χ0) is 14.3. The van der Waals surface area contributed by atoms with Crippen molar-refractivity contribution in [3.63, 3.8) is 0 Å². The van der Waals surface area contributed by atoms with Gasteiger partial charge in [-0.25, -0.2) is 0 Å². The summed E-state index contributed by atoms with van der Waals surface area (Å²) in [4.78, 5) is 11.6. The molecule has 0 saturated heterocycles. The second-order valence-corrected chi connectivity index (χ2v) is 5.34. The van der Waals surface area contributed by atoms with Crippen LogP contribution in [-0.2, 0) is 11.2 Å². The number of carbonyl (C=O) groups is 1. The van der Waals surface area contributed by atoms with E-state index in [1.165, 1.54) is 11.1 Å². The molecular formula is C16H25NO2. The molecule has 0 bridgehead atoms. The Balaban J connectivity index is 2.35. The molecule has 3 nitrogen and oxygen atoms in total. The lowest BCUT2D eigenvalue weighted by molar-refractivity contribution is -0.121. The summed E-state index contributed by atoms with van der Waals surface area (Å²) in [6, 6.07) is 6.09. The number of rotatable bonds is 7. The number of aryl methyl sites for hydroxylation is 2. The van der Waals surface area contributed by atoms with E-state index in [9.17, 15) is 4.79 Å². The van der Waals surface area contributed by atoms with Crippen LogP contribution in [0.3, 0.4) is 0 Å². The van der Waals surface area contributed by atoms with E-state index in [1.807, 2.05) is 12.1 Å². The van der Waals surface area contributed by atoms with Gasteiger partial charge in [0.1, 0.15) is 5.75 Å². The van der Waals surface area contributed by atoms with Gasteiger partial charge in [-0.15, -0.1) is 0 Å². The van der Waals surface area contributed by atoms with Crippen molar-refractivity contribution in [3.05, 3.63) is 29.3 Å². The summed E-state index contributed by atoms with van der Waals surface area (Å²) >= 11 is 0. The number of methoxy groups -OCH3 is 1. The van der Waals surface area contributed by atoms with Crippen LogP contribution in [0.15, 0.2) is 18.2 Å². The second-order valence-electron chi connectivity index (χ2n) is 5.34. The molecule has 0 atom stereocenters. The van der Waals surface area contributed by atoms with Crippen LogP contribution in [0, 0.1) is 12.8 Å². The molecule has 1 amide bonds. The van der Waals surface area contributed by atoms with Crippen LogP contribution >= 0.6 is 0 Å². The third kappa shape index (κ3) is 5.77. The topological polar surface area (TPSA) is 38.3 Å². The Kier molecular flexibility index (Phi) is 6.40. The van der Waals surface area contributed by atoms with Gasteiger partial charge in [0, 0.05) is 13.0 Å². The normalized spacial score (nSPS) is 10.6. The maximum Gasteiger partial charge on any atom is 0.220 e. The molecule has 0 fully saturated rings.